The number of nitrogens with zero attached hydrogens (tertiary/aromatic N) is 1. The van der Waals surface area contributed by atoms with Crippen LogP contribution in [0.4, 0.5) is 13.2 Å². The number of hydrogen-bond acceptors (Lipinski definition) is 5. The summed E-state index contributed by atoms with van der Waals surface area (Å²) in [4.78, 5) is 15.6. The van der Waals surface area contributed by atoms with Gasteiger partial charge in [0.2, 0.25) is 5.89 Å². The van der Waals surface area contributed by atoms with E-state index in [-0.39, 0.29) is 29.5 Å². The van der Waals surface area contributed by atoms with Gasteiger partial charge in [-0.25, -0.2) is 9.78 Å². The van der Waals surface area contributed by atoms with Gasteiger partial charge in [-0.3, -0.25) is 0 Å². The Labute approximate surface area is 123 Å². The number of carbonyl (C=O) groups is 1. The van der Waals surface area contributed by atoms with E-state index >= 15 is 0 Å². The van der Waals surface area contributed by atoms with Gasteiger partial charge in [0.15, 0.2) is 5.69 Å². The van der Waals surface area contributed by atoms with Crippen molar-refractivity contribution in [3.05, 3.63) is 35.7 Å². The fraction of sp³-hybridized carbons (Fsp3) is 0.286. The minimum absolute atomic E-state index is 0.0153. The molecule has 22 heavy (non-hydrogen) atoms. The van der Waals surface area contributed by atoms with E-state index in [1.807, 2.05) is 0 Å². The van der Waals surface area contributed by atoms with Crippen LogP contribution in [-0.4, -0.2) is 23.9 Å². The second kappa shape index (κ2) is 6.08. The zero-order chi connectivity index (χ0) is 16.3. The fourth-order valence-electron chi connectivity index (χ4n) is 1.76. The Morgan fingerprint density at radius 2 is 2.00 bits per heavy atom. The molecule has 1 aromatic heterocycles. The van der Waals surface area contributed by atoms with Crippen LogP contribution >= 0.6 is 0 Å². The van der Waals surface area contributed by atoms with Crippen molar-refractivity contribution < 1.29 is 31.9 Å². The molecule has 2 aromatic rings. The molecule has 0 saturated heterocycles. The molecule has 0 saturated carbocycles. The number of ether oxygens (including phenoxy) is 2. The predicted octanol–water partition coefficient (Wildman–Crippen LogP) is 3.73. The van der Waals surface area contributed by atoms with E-state index < -0.39 is 18.1 Å². The Kier molecular flexibility index (Phi) is 4.39. The van der Waals surface area contributed by atoms with Crippen molar-refractivity contribution in [1.29, 1.82) is 0 Å². The van der Waals surface area contributed by atoms with Crippen molar-refractivity contribution in [1.82, 2.24) is 4.98 Å². The molecular weight excluding hydrogens is 303 g/mol. The number of aromatic nitrogens is 1. The summed E-state index contributed by atoms with van der Waals surface area (Å²) in [5.74, 6) is -1.17. The third-order valence-electron chi connectivity index (χ3n) is 2.61. The predicted molar refractivity (Wildman–Crippen MR) is 69.3 cm³/mol. The summed E-state index contributed by atoms with van der Waals surface area (Å²) in [5.41, 5.74) is -0.0999. The van der Waals surface area contributed by atoms with E-state index in [1.54, 1.807) is 6.92 Å². The molecule has 118 valence electrons. The highest BCUT2D eigenvalue weighted by atomic mass is 19.4. The van der Waals surface area contributed by atoms with Crippen LogP contribution in [-0.2, 0) is 4.74 Å². The van der Waals surface area contributed by atoms with Gasteiger partial charge < -0.3 is 13.9 Å². The maximum atomic E-state index is 12.4. The number of aryl methyl sites for hydroxylation is 1. The van der Waals surface area contributed by atoms with Gasteiger partial charge in [0.05, 0.1) is 12.2 Å². The SMILES string of the molecule is CCOC(=O)c1nc(-c2ccccc2OC(F)(F)F)oc1C. The number of halogens is 3. The molecule has 0 amide bonds. The first-order valence-electron chi connectivity index (χ1n) is 6.31. The normalized spacial score (nSPS) is 11.3. The Morgan fingerprint density at radius 1 is 1.32 bits per heavy atom. The van der Waals surface area contributed by atoms with Crippen LogP contribution in [0.3, 0.4) is 0 Å². The highest BCUT2D eigenvalue weighted by molar-refractivity contribution is 5.89. The van der Waals surface area contributed by atoms with Gasteiger partial charge in [0.1, 0.15) is 11.5 Å². The molecule has 0 N–H and O–H groups in total. The van der Waals surface area contributed by atoms with E-state index in [0.717, 1.165) is 6.07 Å². The Morgan fingerprint density at radius 3 is 2.64 bits per heavy atom. The zero-order valence-corrected chi connectivity index (χ0v) is 11.7. The first kappa shape index (κ1) is 15.9. The van der Waals surface area contributed by atoms with E-state index in [4.69, 9.17) is 9.15 Å². The molecular formula is C14H12F3NO4. The van der Waals surface area contributed by atoms with E-state index in [9.17, 15) is 18.0 Å². The monoisotopic (exact) mass is 315 g/mol. The lowest BCUT2D eigenvalue weighted by molar-refractivity contribution is -0.274. The molecule has 0 radical (unpaired) electrons. The van der Waals surface area contributed by atoms with Crippen molar-refractivity contribution in [2.24, 2.45) is 0 Å². The second-order valence-corrected chi connectivity index (χ2v) is 4.19. The summed E-state index contributed by atoms with van der Waals surface area (Å²) < 4.78 is 51.2. The minimum atomic E-state index is -4.85. The Bertz CT molecular complexity index is 679. The Balaban J connectivity index is 2.41. The maximum Gasteiger partial charge on any atom is 0.573 e. The molecule has 0 bridgehead atoms. The molecule has 0 spiro atoms. The topological polar surface area (TPSA) is 61.6 Å². The molecule has 0 aliphatic carbocycles. The lowest BCUT2D eigenvalue weighted by Crippen LogP contribution is -2.17. The van der Waals surface area contributed by atoms with Crippen molar-refractivity contribution in [3.8, 4) is 17.2 Å². The standard InChI is InChI=1S/C14H12F3NO4/c1-3-20-13(19)11-8(2)21-12(18-11)9-6-4-5-7-10(9)22-14(15,16)17/h4-7H,3H2,1-2H3. The van der Waals surface area contributed by atoms with Crippen LogP contribution in [0.25, 0.3) is 11.5 Å². The summed E-state index contributed by atoms with van der Waals surface area (Å²) in [6.07, 6.45) is -4.85. The van der Waals surface area contributed by atoms with Crippen LogP contribution in [0.1, 0.15) is 23.2 Å². The second-order valence-electron chi connectivity index (χ2n) is 4.19. The fourth-order valence-corrected chi connectivity index (χ4v) is 1.76. The summed E-state index contributed by atoms with van der Waals surface area (Å²) in [7, 11) is 0. The smallest absolute Gasteiger partial charge is 0.461 e. The summed E-state index contributed by atoms with van der Waals surface area (Å²) in [6, 6.07) is 5.36. The van der Waals surface area contributed by atoms with Crippen LogP contribution in [0.2, 0.25) is 0 Å². The van der Waals surface area contributed by atoms with Gasteiger partial charge in [-0.1, -0.05) is 12.1 Å². The number of para-hydroxylation sites is 1. The molecule has 5 nitrogen and oxygen atoms in total. The van der Waals surface area contributed by atoms with Crippen molar-refractivity contribution in [2.75, 3.05) is 6.61 Å². The average molecular weight is 315 g/mol. The molecule has 1 aromatic carbocycles. The highest BCUT2D eigenvalue weighted by Crippen LogP contribution is 2.34. The van der Waals surface area contributed by atoms with E-state index in [2.05, 4.69) is 9.72 Å². The van der Waals surface area contributed by atoms with Gasteiger partial charge in [0, 0.05) is 0 Å². The first-order valence-corrected chi connectivity index (χ1v) is 6.31. The minimum Gasteiger partial charge on any atom is -0.461 e. The molecule has 0 atom stereocenters. The van der Waals surface area contributed by atoms with Crippen molar-refractivity contribution in [2.45, 2.75) is 20.2 Å². The summed E-state index contributed by atoms with van der Waals surface area (Å²) >= 11 is 0. The number of hydrogen-bond donors (Lipinski definition) is 0. The molecule has 0 unspecified atom stereocenters. The van der Waals surface area contributed by atoms with Crippen LogP contribution in [0, 0.1) is 6.92 Å². The van der Waals surface area contributed by atoms with Crippen LogP contribution in [0.5, 0.6) is 5.75 Å². The Hall–Kier alpha value is -2.51. The third-order valence-corrected chi connectivity index (χ3v) is 2.61. The van der Waals surface area contributed by atoms with Gasteiger partial charge in [0.25, 0.3) is 0 Å². The lowest BCUT2D eigenvalue weighted by Gasteiger charge is -2.11. The molecule has 1 heterocycles. The molecule has 0 aliphatic rings. The van der Waals surface area contributed by atoms with Crippen LogP contribution < -0.4 is 4.74 Å². The van der Waals surface area contributed by atoms with Crippen LogP contribution in [0.15, 0.2) is 28.7 Å². The number of esters is 1. The quantitative estimate of drug-likeness (QED) is 0.805. The number of alkyl halides is 3. The first-order chi connectivity index (χ1) is 10.3. The zero-order valence-electron chi connectivity index (χ0n) is 11.7. The average Bonchev–Trinajstić information content (AvgIpc) is 2.80. The van der Waals surface area contributed by atoms with E-state index in [1.165, 1.54) is 25.1 Å². The molecule has 0 aliphatic heterocycles. The van der Waals surface area contributed by atoms with Crippen molar-refractivity contribution in [3.63, 3.8) is 0 Å². The van der Waals surface area contributed by atoms with Gasteiger partial charge in [-0.2, -0.15) is 0 Å². The highest BCUT2D eigenvalue weighted by Gasteiger charge is 2.33. The van der Waals surface area contributed by atoms with Crippen molar-refractivity contribution >= 4 is 5.97 Å². The van der Waals surface area contributed by atoms with Gasteiger partial charge in [-0.15, -0.1) is 13.2 Å². The molecule has 2 rings (SSSR count). The number of oxazole rings is 1. The molecule has 8 heteroatoms. The number of rotatable bonds is 4. The van der Waals surface area contributed by atoms with Gasteiger partial charge >= 0.3 is 12.3 Å². The van der Waals surface area contributed by atoms with Gasteiger partial charge in [-0.05, 0) is 26.0 Å². The third kappa shape index (κ3) is 3.57. The molecule has 0 fully saturated rings. The largest absolute Gasteiger partial charge is 0.573 e. The number of benzene rings is 1. The summed E-state index contributed by atoms with van der Waals surface area (Å²) in [5, 5.41) is 0. The van der Waals surface area contributed by atoms with E-state index in [0.29, 0.717) is 0 Å². The maximum absolute atomic E-state index is 12.4. The summed E-state index contributed by atoms with van der Waals surface area (Å²) in [6.45, 7) is 3.24. The lowest BCUT2D eigenvalue weighted by atomic mass is 10.2. The number of carbonyl (C=O) groups excluding carboxylic acids is 1.